The average Bonchev–Trinajstić information content (AvgIpc) is 2.07. The molecule has 84 valence electrons. The Labute approximate surface area is 83.3 Å². The Kier molecular flexibility index (Phi) is 3.84. The Bertz CT molecular complexity index is 183. The maximum absolute atomic E-state index is 11.9. The van der Waals surface area contributed by atoms with Crippen LogP contribution in [0.4, 0.5) is 8.78 Å². The third-order valence-electron chi connectivity index (χ3n) is 2.90. The first-order valence-electron chi connectivity index (χ1n) is 5.01. The molecule has 0 spiro atoms. The van der Waals surface area contributed by atoms with Crippen molar-refractivity contribution in [2.24, 2.45) is 5.41 Å². The largest absolute Gasteiger partial charge is 0.390 e. The summed E-state index contributed by atoms with van der Waals surface area (Å²) < 4.78 is 28.8. The van der Waals surface area contributed by atoms with Crippen molar-refractivity contribution in [2.75, 3.05) is 6.61 Å². The highest BCUT2D eigenvalue weighted by Gasteiger charge is 2.38. The maximum atomic E-state index is 11.9. The van der Waals surface area contributed by atoms with Crippen LogP contribution in [-0.4, -0.2) is 30.3 Å². The Balaban J connectivity index is 2.44. The van der Waals surface area contributed by atoms with Crippen LogP contribution >= 0.6 is 0 Å². The molecule has 14 heavy (non-hydrogen) atoms. The van der Waals surface area contributed by atoms with Gasteiger partial charge in [-0.1, -0.05) is 20.3 Å². The van der Waals surface area contributed by atoms with Gasteiger partial charge in [-0.05, 0) is 18.3 Å². The van der Waals surface area contributed by atoms with Crippen LogP contribution in [0.15, 0.2) is 0 Å². The van der Waals surface area contributed by atoms with Gasteiger partial charge >= 0.3 is 0 Å². The molecule has 1 aliphatic rings. The Morgan fingerprint density at radius 1 is 1.50 bits per heavy atom. The van der Waals surface area contributed by atoms with E-state index in [0.717, 1.165) is 12.8 Å². The second-order valence-corrected chi connectivity index (χ2v) is 4.59. The van der Waals surface area contributed by atoms with E-state index in [1.807, 2.05) is 13.8 Å². The SMILES string of the molecule is CC1(C)CCCC(OCC(F)F)C1O. The van der Waals surface area contributed by atoms with E-state index in [2.05, 4.69) is 0 Å². The van der Waals surface area contributed by atoms with Crippen LogP contribution in [0.5, 0.6) is 0 Å². The minimum Gasteiger partial charge on any atom is -0.390 e. The highest BCUT2D eigenvalue weighted by Crippen LogP contribution is 2.36. The highest BCUT2D eigenvalue weighted by atomic mass is 19.3. The first kappa shape index (κ1) is 11.9. The number of alkyl halides is 2. The number of ether oxygens (including phenoxy) is 1. The van der Waals surface area contributed by atoms with Crippen molar-refractivity contribution in [1.29, 1.82) is 0 Å². The van der Waals surface area contributed by atoms with Crippen molar-refractivity contribution in [3.05, 3.63) is 0 Å². The normalized spacial score (nSPS) is 32.1. The monoisotopic (exact) mass is 208 g/mol. The predicted octanol–water partition coefficient (Wildman–Crippen LogP) is 2.21. The van der Waals surface area contributed by atoms with Crippen LogP contribution in [0.1, 0.15) is 33.1 Å². The lowest BCUT2D eigenvalue weighted by molar-refractivity contribution is -0.130. The Hall–Kier alpha value is -0.220. The molecule has 0 heterocycles. The molecular formula is C10H18F2O2. The highest BCUT2D eigenvalue weighted by molar-refractivity contribution is 4.88. The molecule has 2 nitrogen and oxygen atoms in total. The third kappa shape index (κ3) is 2.89. The van der Waals surface area contributed by atoms with Gasteiger partial charge in [0, 0.05) is 0 Å². The summed E-state index contributed by atoms with van der Waals surface area (Å²) in [5, 5.41) is 9.84. The molecule has 0 aliphatic heterocycles. The summed E-state index contributed by atoms with van der Waals surface area (Å²) in [4.78, 5) is 0. The molecular weight excluding hydrogens is 190 g/mol. The van der Waals surface area contributed by atoms with Gasteiger partial charge in [0.1, 0.15) is 6.61 Å². The second-order valence-electron chi connectivity index (χ2n) is 4.59. The Morgan fingerprint density at radius 3 is 2.71 bits per heavy atom. The van der Waals surface area contributed by atoms with E-state index >= 15 is 0 Å². The lowest BCUT2D eigenvalue weighted by Crippen LogP contribution is -2.45. The van der Waals surface area contributed by atoms with Crippen molar-refractivity contribution in [3.8, 4) is 0 Å². The number of aliphatic hydroxyl groups excluding tert-OH is 1. The molecule has 1 N–H and O–H groups in total. The van der Waals surface area contributed by atoms with Gasteiger partial charge in [-0.25, -0.2) is 8.78 Å². The van der Waals surface area contributed by atoms with Crippen LogP contribution in [0.25, 0.3) is 0 Å². The fourth-order valence-corrected chi connectivity index (χ4v) is 1.94. The van der Waals surface area contributed by atoms with E-state index < -0.39 is 25.2 Å². The molecule has 1 aliphatic carbocycles. The van der Waals surface area contributed by atoms with E-state index in [0.29, 0.717) is 6.42 Å². The molecule has 1 fully saturated rings. The number of rotatable bonds is 3. The van der Waals surface area contributed by atoms with Gasteiger partial charge in [0.2, 0.25) is 0 Å². The van der Waals surface area contributed by atoms with Gasteiger partial charge in [-0.15, -0.1) is 0 Å². The summed E-state index contributed by atoms with van der Waals surface area (Å²) in [5.41, 5.74) is -0.217. The van der Waals surface area contributed by atoms with Gasteiger partial charge in [-0.2, -0.15) is 0 Å². The fourth-order valence-electron chi connectivity index (χ4n) is 1.94. The summed E-state index contributed by atoms with van der Waals surface area (Å²) in [7, 11) is 0. The summed E-state index contributed by atoms with van der Waals surface area (Å²) in [6, 6.07) is 0. The van der Waals surface area contributed by atoms with Crippen LogP contribution in [0.2, 0.25) is 0 Å². The zero-order valence-corrected chi connectivity index (χ0v) is 8.67. The molecule has 0 bridgehead atoms. The summed E-state index contributed by atoms with van der Waals surface area (Å²) >= 11 is 0. The lowest BCUT2D eigenvalue weighted by atomic mass is 9.73. The minimum atomic E-state index is -2.45. The van der Waals surface area contributed by atoms with Crippen molar-refractivity contribution in [2.45, 2.75) is 51.7 Å². The smallest absolute Gasteiger partial charge is 0.261 e. The molecule has 0 saturated heterocycles. The first-order chi connectivity index (χ1) is 6.43. The topological polar surface area (TPSA) is 29.5 Å². The molecule has 1 rings (SSSR count). The number of hydrogen-bond donors (Lipinski definition) is 1. The molecule has 1 saturated carbocycles. The third-order valence-corrected chi connectivity index (χ3v) is 2.90. The maximum Gasteiger partial charge on any atom is 0.261 e. The van der Waals surface area contributed by atoms with Crippen molar-refractivity contribution in [1.82, 2.24) is 0 Å². The molecule has 4 heteroatoms. The first-order valence-corrected chi connectivity index (χ1v) is 5.01. The lowest BCUT2D eigenvalue weighted by Gasteiger charge is -2.40. The molecule has 0 amide bonds. The van der Waals surface area contributed by atoms with E-state index in [1.54, 1.807) is 0 Å². The molecule has 2 atom stereocenters. The fraction of sp³-hybridized carbons (Fsp3) is 1.00. The minimum absolute atomic E-state index is 0.217. The van der Waals surface area contributed by atoms with Crippen LogP contribution < -0.4 is 0 Å². The number of halogens is 2. The van der Waals surface area contributed by atoms with Crippen molar-refractivity contribution in [3.63, 3.8) is 0 Å². The summed E-state index contributed by atoms with van der Waals surface area (Å²) in [5.74, 6) is 0. The Morgan fingerprint density at radius 2 is 2.14 bits per heavy atom. The van der Waals surface area contributed by atoms with Gasteiger partial charge in [-0.3, -0.25) is 0 Å². The standard InChI is InChI=1S/C10H18F2O2/c1-10(2)5-3-4-7(9(10)13)14-6-8(11)12/h7-9,13H,3-6H2,1-2H3. The summed E-state index contributed by atoms with van der Waals surface area (Å²) in [6.45, 7) is 3.31. The quantitative estimate of drug-likeness (QED) is 0.770. The number of hydrogen-bond acceptors (Lipinski definition) is 2. The molecule has 0 aromatic rings. The van der Waals surface area contributed by atoms with Gasteiger partial charge in [0.15, 0.2) is 0 Å². The van der Waals surface area contributed by atoms with E-state index in [4.69, 9.17) is 4.74 Å². The van der Waals surface area contributed by atoms with E-state index in [1.165, 1.54) is 0 Å². The van der Waals surface area contributed by atoms with Crippen molar-refractivity contribution >= 4 is 0 Å². The van der Waals surface area contributed by atoms with Gasteiger partial charge < -0.3 is 9.84 Å². The molecule has 0 aromatic heterocycles. The van der Waals surface area contributed by atoms with Crippen LogP contribution in [0, 0.1) is 5.41 Å². The van der Waals surface area contributed by atoms with E-state index in [9.17, 15) is 13.9 Å². The van der Waals surface area contributed by atoms with Crippen molar-refractivity contribution < 1.29 is 18.6 Å². The van der Waals surface area contributed by atoms with Crippen LogP contribution in [-0.2, 0) is 4.74 Å². The van der Waals surface area contributed by atoms with Gasteiger partial charge in [0.25, 0.3) is 6.43 Å². The second kappa shape index (κ2) is 4.53. The van der Waals surface area contributed by atoms with Gasteiger partial charge in [0.05, 0.1) is 12.2 Å². The molecule has 0 radical (unpaired) electrons. The van der Waals surface area contributed by atoms with Crippen LogP contribution in [0.3, 0.4) is 0 Å². The van der Waals surface area contributed by atoms with E-state index in [-0.39, 0.29) is 5.41 Å². The number of aliphatic hydroxyl groups is 1. The molecule has 2 unspecified atom stereocenters. The predicted molar refractivity (Wildman–Crippen MR) is 49.4 cm³/mol. The average molecular weight is 208 g/mol. The zero-order valence-electron chi connectivity index (χ0n) is 8.67. The zero-order chi connectivity index (χ0) is 10.8. The summed E-state index contributed by atoms with van der Waals surface area (Å²) in [6.07, 6.45) is -0.979. The molecule has 0 aromatic carbocycles.